The van der Waals surface area contributed by atoms with Gasteiger partial charge in [0.15, 0.2) is 0 Å². The number of hydrogen-bond acceptors (Lipinski definition) is 1. The zero-order chi connectivity index (χ0) is 13.4. The van der Waals surface area contributed by atoms with Gasteiger partial charge in [0.25, 0.3) is 0 Å². The summed E-state index contributed by atoms with van der Waals surface area (Å²) in [5.41, 5.74) is 2.80. The van der Waals surface area contributed by atoms with Gasteiger partial charge in [0, 0.05) is 30.3 Å². The molecule has 2 aromatic rings. The predicted octanol–water partition coefficient (Wildman–Crippen LogP) is 3.18. The van der Waals surface area contributed by atoms with Gasteiger partial charge in [-0.1, -0.05) is 0 Å². The summed E-state index contributed by atoms with van der Waals surface area (Å²) in [5.74, 6) is -0.999. The van der Waals surface area contributed by atoms with Crippen molar-refractivity contribution in [2.75, 3.05) is 6.61 Å². The molecular weight excluding hydrogens is 248 g/mol. The highest BCUT2D eigenvalue weighted by Crippen LogP contribution is 2.34. The van der Waals surface area contributed by atoms with E-state index in [-0.39, 0.29) is 6.61 Å². The maximum Gasteiger partial charge on any atom is 0.135 e. The average molecular weight is 265 g/mol. The summed E-state index contributed by atoms with van der Waals surface area (Å²) in [6.45, 7) is 0.706. The molecule has 0 spiro atoms. The van der Waals surface area contributed by atoms with Crippen LogP contribution in [0.3, 0.4) is 0 Å². The fourth-order valence-corrected chi connectivity index (χ4v) is 3.16. The van der Waals surface area contributed by atoms with Crippen molar-refractivity contribution < 1.29 is 13.9 Å². The maximum atomic E-state index is 14.1. The molecule has 1 aromatic heterocycles. The average Bonchev–Trinajstić information content (AvgIpc) is 2.70. The molecule has 0 bridgehead atoms. The fourth-order valence-electron chi connectivity index (χ4n) is 3.16. The van der Waals surface area contributed by atoms with E-state index < -0.39 is 11.6 Å². The Morgan fingerprint density at radius 3 is 2.74 bits per heavy atom. The number of halogens is 2. The van der Waals surface area contributed by atoms with Crippen LogP contribution in [0.2, 0.25) is 0 Å². The highest BCUT2D eigenvalue weighted by molar-refractivity contribution is 5.86. The SMILES string of the molecule is OCCCn1c2c(c3c(F)cc(F)cc31)CCCC2. The van der Waals surface area contributed by atoms with Crippen molar-refractivity contribution in [3.63, 3.8) is 0 Å². The topological polar surface area (TPSA) is 25.2 Å². The van der Waals surface area contributed by atoms with Crippen LogP contribution in [0.1, 0.15) is 30.5 Å². The lowest BCUT2D eigenvalue weighted by molar-refractivity contribution is 0.280. The molecule has 102 valence electrons. The van der Waals surface area contributed by atoms with Crippen molar-refractivity contribution in [2.24, 2.45) is 0 Å². The maximum absolute atomic E-state index is 14.1. The molecular formula is C15H17F2NO. The molecule has 1 aliphatic carbocycles. The van der Waals surface area contributed by atoms with E-state index in [1.807, 2.05) is 4.57 Å². The molecule has 0 amide bonds. The minimum Gasteiger partial charge on any atom is -0.396 e. The Hall–Kier alpha value is -1.42. The summed E-state index contributed by atoms with van der Waals surface area (Å²) >= 11 is 0. The summed E-state index contributed by atoms with van der Waals surface area (Å²) in [6.07, 6.45) is 4.53. The first-order chi connectivity index (χ1) is 9.22. The number of fused-ring (bicyclic) bond motifs is 3. The molecule has 0 unspecified atom stereocenters. The van der Waals surface area contributed by atoms with E-state index in [9.17, 15) is 8.78 Å². The van der Waals surface area contributed by atoms with Crippen molar-refractivity contribution in [1.82, 2.24) is 4.57 Å². The number of aliphatic hydroxyl groups excluding tert-OH is 1. The highest BCUT2D eigenvalue weighted by Gasteiger charge is 2.22. The molecule has 4 heteroatoms. The molecule has 0 aliphatic heterocycles. The Morgan fingerprint density at radius 1 is 1.16 bits per heavy atom. The number of rotatable bonds is 3. The molecule has 0 atom stereocenters. The highest BCUT2D eigenvalue weighted by atomic mass is 19.1. The monoisotopic (exact) mass is 265 g/mol. The fraction of sp³-hybridized carbons (Fsp3) is 0.467. The van der Waals surface area contributed by atoms with Gasteiger partial charge < -0.3 is 9.67 Å². The third kappa shape index (κ3) is 2.04. The molecule has 0 saturated heterocycles. The van der Waals surface area contributed by atoms with Crippen molar-refractivity contribution in [1.29, 1.82) is 0 Å². The third-order valence-electron chi connectivity index (χ3n) is 3.93. The second kappa shape index (κ2) is 4.93. The van der Waals surface area contributed by atoms with Crippen molar-refractivity contribution in [2.45, 2.75) is 38.6 Å². The van der Waals surface area contributed by atoms with E-state index in [1.165, 1.54) is 6.07 Å². The molecule has 1 N–H and O–H groups in total. The number of aliphatic hydroxyl groups is 1. The zero-order valence-corrected chi connectivity index (χ0v) is 10.8. The van der Waals surface area contributed by atoms with Gasteiger partial charge in [-0.25, -0.2) is 8.78 Å². The van der Waals surface area contributed by atoms with Crippen molar-refractivity contribution in [3.05, 3.63) is 35.0 Å². The largest absolute Gasteiger partial charge is 0.396 e. The second-order valence-electron chi connectivity index (χ2n) is 5.14. The number of hydrogen-bond donors (Lipinski definition) is 1. The molecule has 1 aromatic carbocycles. The molecule has 0 saturated carbocycles. The number of aromatic nitrogens is 1. The van der Waals surface area contributed by atoms with Crippen LogP contribution in [-0.4, -0.2) is 16.3 Å². The van der Waals surface area contributed by atoms with Gasteiger partial charge in [0.2, 0.25) is 0 Å². The van der Waals surface area contributed by atoms with Crippen LogP contribution < -0.4 is 0 Å². The normalized spacial score (nSPS) is 14.9. The van der Waals surface area contributed by atoms with Gasteiger partial charge in [-0.05, 0) is 43.7 Å². The van der Waals surface area contributed by atoms with Crippen LogP contribution in [0.25, 0.3) is 10.9 Å². The molecule has 1 aliphatic rings. The van der Waals surface area contributed by atoms with Crippen LogP contribution in [-0.2, 0) is 19.4 Å². The van der Waals surface area contributed by atoms with E-state index in [4.69, 9.17) is 5.11 Å². The Labute approximate surface area is 110 Å². The van der Waals surface area contributed by atoms with Crippen LogP contribution in [0.15, 0.2) is 12.1 Å². The lowest BCUT2D eigenvalue weighted by Crippen LogP contribution is -2.09. The van der Waals surface area contributed by atoms with E-state index in [2.05, 4.69) is 0 Å². The van der Waals surface area contributed by atoms with Crippen molar-refractivity contribution in [3.8, 4) is 0 Å². The van der Waals surface area contributed by atoms with Gasteiger partial charge in [0.1, 0.15) is 11.6 Å². The Bertz CT molecular complexity index is 618. The van der Waals surface area contributed by atoms with Crippen LogP contribution in [0.4, 0.5) is 8.78 Å². The smallest absolute Gasteiger partial charge is 0.135 e. The van der Waals surface area contributed by atoms with Gasteiger partial charge in [-0.3, -0.25) is 0 Å². The summed E-state index contributed by atoms with van der Waals surface area (Å²) < 4.78 is 29.5. The van der Waals surface area contributed by atoms with Crippen molar-refractivity contribution >= 4 is 10.9 Å². The summed E-state index contributed by atoms with van der Waals surface area (Å²) in [6, 6.07) is 2.38. The van der Waals surface area contributed by atoms with E-state index in [0.29, 0.717) is 23.9 Å². The first-order valence-corrected chi connectivity index (χ1v) is 6.82. The molecule has 19 heavy (non-hydrogen) atoms. The lowest BCUT2D eigenvalue weighted by atomic mass is 9.95. The lowest BCUT2D eigenvalue weighted by Gasteiger charge is -2.15. The Balaban J connectivity index is 2.26. The van der Waals surface area contributed by atoms with E-state index in [0.717, 1.165) is 43.0 Å². The first-order valence-electron chi connectivity index (χ1n) is 6.82. The van der Waals surface area contributed by atoms with Gasteiger partial charge in [-0.15, -0.1) is 0 Å². The Morgan fingerprint density at radius 2 is 1.95 bits per heavy atom. The summed E-state index contributed by atoms with van der Waals surface area (Å²) in [7, 11) is 0. The van der Waals surface area contributed by atoms with Gasteiger partial charge in [0.05, 0.1) is 5.52 Å². The summed E-state index contributed by atoms with van der Waals surface area (Å²) in [5, 5.41) is 9.57. The predicted molar refractivity (Wildman–Crippen MR) is 70.2 cm³/mol. The van der Waals surface area contributed by atoms with E-state index in [1.54, 1.807) is 0 Å². The van der Waals surface area contributed by atoms with Crippen LogP contribution >= 0.6 is 0 Å². The number of benzene rings is 1. The first kappa shape index (κ1) is 12.6. The Kier molecular flexibility index (Phi) is 3.27. The van der Waals surface area contributed by atoms with Gasteiger partial charge in [-0.2, -0.15) is 0 Å². The molecule has 3 rings (SSSR count). The van der Waals surface area contributed by atoms with Crippen LogP contribution in [0, 0.1) is 11.6 Å². The summed E-state index contributed by atoms with van der Waals surface area (Å²) in [4.78, 5) is 0. The van der Waals surface area contributed by atoms with Gasteiger partial charge >= 0.3 is 0 Å². The minimum absolute atomic E-state index is 0.0895. The number of nitrogens with zero attached hydrogens (tertiary/aromatic N) is 1. The molecule has 0 fully saturated rings. The molecule has 0 radical (unpaired) electrons. The van der Waals surface area contributed by atoms with Crippen LogP contribution in [0.5, 0.6) is 0 Å². The zero-order valence-electron chi connectivity index (χ0n) is 10.8. The number of aryl methyl sites for hydroxylation is 2. The minimum atomic E-state index is -0.537. The van der Waals surface area contributed by atoms with E-state index >= 15 is 0 Å². The quantitative estimate of drug-likeness (QED) is 0.906. The molecule has 2 nitrogen and oxygen atoms in total. The third-order valence-corrected chi connectivity index (χ3v) is 3.93. The standard InChI is InChI=1S/C15H17F2NO/c16-10-8-12(17)15-11-4-1-2-5-13(11)18(6-3-7-19)14(15)9-10/h8-9,19H,1-7H2. The second-order valence-corrected chi connectivity index (χ2v) is 5.14. The molecule has 1 heterocycles.